The number of furan rings is 1. The summed E-state index contributed by atoms with van der Waals surface area (Å²) in [5.74, 6) is 1.03. The first-order chi connectivity index (χ1) is 12.6. The standard InChI is InChI=1S/C20H22N4O2/c1-4-24(16-8-5-7-14(2)11-16)19(25)18-12-15(3)22-20(23-18)21-13-17-9-6-10-26-17/h5-12H,4,13H2,1-3H3,(H,21,22,23). The number of benzene rings is 1. The SMILES string of the molecule is CCN(C(=O)c1cc(C)nc(NCc2ccco2)n1)c1cccc(C)c1. The largest absolute Gasteiger partial charge is 0.467 e. The maximum absolute atomic E-state index is 13.0. The van der Waals surface area contributed by atoms with E-state index in [9.17, 15) is 4.79 Å². The van der Waals surface area contributed by atoms with Gasteiger partial charge in [-0.05, 0) is 56.7 Å². The Kier molecular flexibility index (Phi) is 5.31. The number of hydrogen-bond acceptors (Lipinski definition) is 5. The maximum Gasteiger partial charge on any atom is 0.277 e. The van der Waals surface area contributed by atoms with Crippen LogP contribution < -0.4 is 10.2 Å². The topological polar surface area (TPSA) is 71.3 Å². The fourth-order valence-corrected chi connectivity index (χ4v) is 2.71. The molecule has 134 valence electrons. The van der Waals surface area contributed by atoms with Crippen molar-refractivity contribution in [3.63, 3.8) is 0 Å². The third-order valence-electron chi connectivity index (χ3n) is 3.95. The molecule has 6 heteroatoms. The molecule has 1 aromatic carbocycles. The molecule has 0 spiro atoms. The van der Waals surface area contributed by atoms with Gasteiger partial charge in [0, 0.05) is 17.9 Å². The number of nitrogens with zero attached hydrogens (tertiary/aromatic N) is 3. The van der Waals surface area contributed by atoms with E-state index >= 15 is 0 Å². The van der Waals surface area contributed by atoms with Crippen molar-refractivity contribution in [3.05, 3.63) is 71.4 Å². The minimum absolute atomic E-state index is 0.148. The highest BCUT2D eigenvalue weighted by molar-refractivity contribution is 6.05. The van der Waals surface area contributed by atoms with E-state index in [4.69, 9.17) is 4.42 Å². The molecule has 0 atom stereocenters. The Balaban J connectivity index is 1.83. The summed E-state index contributed by atoms with van der Waals surface area (Å²) in [4.78, 5) is 23.5. The first kappa shape index (κ1) is 17.7. The van der Waals surface area contributed by atoms with Crippen molar-refractivity contribution in [2.24, 2.45) is 0 Å². The minimum atomic E-state index is -0.148. The molecule has 1 amide bonds. The van der Waals surface area contributed by atoms with Crippen LogP contribution in [0.2, 0.25) is 0 Å². The molecule has 0 unspecified atom stereocenters. The van der Waals surface area contributed by atoms with Gasteiger partial charge in [0.2, 0.25) is 5.95 Å². The Morgan fingerprint density at radius 3 is 2.69 bits per heavy atom. The van der Waals surface area contributed by atoms with Gasteiger partial charge in [-0.1, -0.05) is 12.1 Å². The summed E-state index contributed by atoms with van der Waals surface area (Å²) in [6.45, 7) is 6.82. The van der Waals surface area contributed by atoms with Crippen LogP contribution in [0.5, 0.6) is 0 Å². The van der Waals surface area contributed by atoms with Crippen molar-refractivity contribution in [1.82, 2.24) is 9.97 Å². The number of hydrogen-bond donors (Lipinski definition) is 1. The lowest BCUT2D eigenvalue weighted by Crippen LogP contribution is -2.31. The maximum atomic E-state index is 13.0. The third kappa shape index (κ3) is 4.08. The second-order valence-electron chi connectivity index (χ2n) is 6.04. The fourth-order valence-electron chi connectivity index (χ4n) is 2.71. The number of carbonyl (C=O) groups excluding carboxylic acids is 1. The number of rotatable bonds is 6. The molecule has 2 aromatic heterocycles. The summed E-state index contributed by atoms with van der Waals surface area (Å²) in [5.41, 5.74) is 3.06. The van der Waals surface area contributed by atoms with E-state index < -0.39 is 0 Å². The van der Waals surface area contributed by atoms with Crippen molar-refractivity contribution in [2.45, 2.75) is 27.3 Å². The van der Waals surface area contributed by atoms with Crippen molar-refractivity contribution in [2.75, 3.05) is 16.8 Å². The van der Waals surface area contributed by atoms with Crippen LogP contribution in [-0.2, 0) is 6.54 Å². The fraction of sp³-hybridized carbons (Fsp3) is 0.250. The van der Waals surface area contributed by atoms with Gasteiger partial charge in [-0.25, -0.2) is 9.97 Å². The average Bonchev–Trinajstić information content (AvgIpc) is 3.14. The molecule has 0 aliphatic rings. The van der Waals surface area contributed by atoms with E-state index in [1.807, 2.05) is 57.2 Å². The minimum Gasteiger partial charge on any atom is -0.467 e. The number of carbonyl (C=O) groups is 1. The van der Waals surface area contributed by atoms with Crippen molar-refractivity contribution < 1.29 is 9.21 Å². The molecular formula is C20H22N4O2. The molecule has 26 heavy (non-hydrogen) atoms. The Bertz CT molecular complexity index is 891. The highest BCUT2D eigenvalue weighted by Crippen LogP contribution is 2.19. The molecule has 0 bridgehead atoms. The van der Waals surface area contributed by atoms with Crippen molar-refractivity contribution in [3.8, 4) is 0 Å². The van der Waals surface area contributed by atoms with E-state index in [-0.39, 0.29) is 5.91 Å². The molecule has 0 saturated carbocycles. The van der Waals surface area contributed by atoms with Gasteiger partial charge in [0.15, 0.2) is 0 Å². The molecule has 0 fully saturated rings. The molecule has 0 saturated heterocycles. The number of anilines is 2. The van der Waals surface area contributed by atoms with Crippen LogP contribution in [0.1, 0.15) is 34.4 Å². The second-order valence-corrected chi connectivity index (χ2v) is 6.04. The zero-order chi connectivity index (χ0) is 18.5. The van der Waals surface area contributed by atoms with Gasteiger partial charge in [-0.3, -0.25) is 4.79 Å². The van der Waals surface area contributed by atoms with Gasteiger partial charge in [0.25, 0.3) is 5.91 Å². The summed E-state index contributed by atoms with van der Waals surface area (Å²) < 4.78 is 5.29. The monoisotopic (exact) mass is 350 g/mol. The van der Waals surface area contributed by atoms with E-state index in [2.05, 4.69) is 15.3 Å². The molecule has 2 heterocycles. The first-order valence-electron chi connectivity index (χ1n) is 8.57. The number of aryl methyl sites for hydroxylation is 2. The molecule has 1 N–H and O–H groups in total. The lowest BCUT2D eigenvalue weighted by molar-refractivity contribution is 0.0983. The summed E-state index contributed by atoms with van der Waals surface area (Å²) in [7, 11) is 0. The molecule has 0 aliphatic carbocycles. The molecule has 3 aromatic rings. The molecular weight excluding hydrogens is 328 g/mol. The Labute approximate surface area is 152 Å². The molecule has 0 aliphatic heterocycles. The van der Waals surface area contributed by atoms with Gasteiger partial charge >= 0.3 is 0 Å². The number of nitrogens with one attached hydrogen (secondary N) is 1. The predicted molar refractivity (Wildman–Crippen MR) is 101 cm³/mol. The lowest BCUT2D eigenvalue weighted by atomic mass is 10.2. The van der Waals surface area contributed by atoms with Gasteiger partial charge in [0.05, 0.1) is 12.8 Å². The van der Waals surface area contributed by atoms with Crippen LogP contribution in [0.3, 0.4) is 0 Å². The summed E-state index contributed by atoms with van der Waals surface area (Å²) >= 11 is 0. The van der Waals surface area contributed by atoms with Crippen molar-refractivity contribution >= 4 is 17.5 Å². The lowest BCUT2D eigenvalue weighted by Gasteiger charge is -2.21. The highest BCUT2D eigenvalue weighted by Gasteiger charge is 2.19. The van der Waals surface area contributed by atoms with Crippen LogP contribution in [0, 0.1) is 13.8 Å². The Hall–Kier alpha value is -3.15. The van der Waals surface area contributed by atoms with Crippen LogP contribution in [-0.4, -0.2) is 22.4 Å². The molecule has 6 nitrogen and oxygen atoms in total. The van der Waals surface area contributed by atoms with Crippen LogP contribution in [0.25, 0.3) is 0 Å². The molecule has 0 radical (unpaired) electrons. The van der Waals surface area contributed by atoms with Crippen LogP contribution in [0.4, 0.5) is 11.6 Å². The number of aromatic nitrogens is 2. The second kappa shape index (κ2) is 7.82. The average molecular weight is 350 g/mol. The summed E-state index contributed by atoms with van der Waals surface area (Å²) in [6.07, 6.45) is 1.62. The molecule has 3 rings (SSSR count). The quantitative estimate of drug-likeness (QED) is 0.728. The smallest absolute Gasteiger partial charge is 0.277 e. The predicted octanol–water partition coefficient (Wildman–Crippen LogP) is 3.97. The van der Waals surface area contributed by atoms with E-state index in [1.54, 1.807) is 17.2 Å². The first-order valence-corrected chi connectivity index (χ1v) is 8.57. The van der Waals surface area contributed by atoms with Crippen LogP contribution in [0.15, 0.2) is 53.1 Å². The highest BCUT2D eigenvalue weighted by atomic mass is 16.3. The Morgan fingerprint density at radius 1 is 1.15 bits per heavy atom. The van der Waals surface area contributed by atoms with Gasteiger partial charge in [-0.15, -0.1) is 0 Å². The van der Waals surface area contributed by atoms with Gasteiger partial charge < -0.3 is 14.6 Å². The Morgan fingerprint density at radius 2 is 2.00 bits per heavy atom. The van der Waals surface area contributed by atoms with Crippen molar-refractivity contribution in [1.29, 1.82) is 0 Å². The van der Waals surface area contributed by atoms with Gasteiger partial charge in [0.1, 0.15) is 11.5 Å². The van der Waals surface area contributed by atoms with Gasteiger partial charge in [-0.2, -0.15) is 0 Å². The van der Waals surface area contributed by atoms with E-state index in [0.717, 1.165) is 22.7 Å². The normalized spacial score (nSPS) is 10.6. The van der Waals surface area contributed by atoms with E-state index in [0.29, 0.717) is 24.7 Å². The zero-order valence-corrected chi connectivity index (χ0v) is 15.2. The summed E-state index contributed by atoms with van der Waals surface area (Å²) in [5, 5.41) is 3.10. The van der Waals surface area contributed by atoms with E-state index in [1.165, 1.54) is 0 Å². The van der Waals surface area contributed by atoms with Crippen LogP contribution >= 0.6 is 0 Å². The third-order valence-corrected chi connectivity index (χ3v) is 3.95. The summed E-state index contributed by atoms with van der Waals surface area (Å²) in [6, 6.07) is 13.3. The zero-order valence-electron chi connectivity index (χ0n) is 15.2. The number of amides is 1.